The summed E-state index contributed by atoms with van der Waals surface area (Å²) in [5, 5.41) is 11.7. The normalized spacial score (nSPS) is 20.7. The van der Waals surface area contributed by atoms with Crippen molar-refractivity contribution in [3.63, 3.8) is 0 Å². The Kier molecular flexibility index (Phi) is 3.00. The first-order valence-corrected chi connectivity index (χ1v) is 6.87. The molecule has 6 heteroatoms. The van der Waals surface area contributed by atoms with Crippen molar-refractivity contribution in [3.8, 4) is 0 Å². The van der Waals surface area contributed by atoms with Crippen molar-refractivity contribution < 1.29 is 23.5 Å². The van der Waals surface area contributed by atoms with E-state index in [0.717, 1.165) is 6.07 Å². The zero-order valence-electron chi connectivity index (χ0n) is 11.3. The van der Waals surface area contributed by atoms with Gasteiger partial charge in [0.2, 0.25) is 5.91 Å². The van der Waals surface area contributed by atoms with Crippen LogP contribution >= 0.6 is 0 Å². The van der Waals surface area contributed by atoms with Crippen molar-refractivity contribution >= 4 is 11.9 Å². The van der Waals surface area contributed by atoms with Gasteiger partial charge in [0, 0.05) is 18.0 Å². The van der Waals surface area contributed by atoms with Crippen LogP contribution in [-0.4, -0.2) is 23.5 Å². The van der Waals surface area contributed by atoms with E-state index in [4.69, 9.17) is 5.11 Å². The molecule has 2 N–H and O–H groups in total. The van der Waals surface area contributed by atoms with E-state index < -0.39 is 34.3 Å². The summed E-state index contributed by atoms with van der Waals surface area (Å²) in [6.45, 7) is 0.184. The van der Waals surface area contributed by atoms with Gasteiger partial charge in [0.25, 0.3) is 0 Å². The van der Waals surface area contributed by atoms with Crippen LogP contribution in [0.25, 0.3) is 0 Å². The molecule has 21 heavy (non-hydrogen) atoms. The molecule has 1 aromatic carbocycles. The minimum Gasteiger partial charge on any atom is -0.480 e. The van der Waals surface area contributed by atoms with Crippen LogP contribution in [0.5, 0.6) is 0 Å². The van der Waals surface area contributed by atoms with Crippen molar-refractivity contribution in [2.75, 3.05) is 6.54 Å². The summed E-state index contributed by atoms with van der Waals surface area (Å²) in [6, 6.07) is 3.42. The Labute approximate surface area is 120 Å². The molecule has 0 bridgehead atoms. The maximum atomic E-state index is 13.8. The van der Waals surface area contributed by atoms with Gasteiger partial charge in [-0.1, -0.05) is 6.07 Å². The number of nitrogens with one attached hydrogen (secondary N) is 1. The number of hydrogen-bond donors (Lipinski definition) is 2. The minimum absolute atomic E-state index is 0.184. The Morgan fingerprint density at radius 1 is 1.19 bits per heavy atom. The maximum absolute atomic E-state index is 13.8. The van der Waals surface area contributed by atoms with Crippen molar-refractivity contribution in [1.82, 2.24) is 5.32 Å². The van der Waals surface area contributed by atoms with Crippen LogP contribution in [0.1, 0.15) is 31.2 Å². The summed E-state index contributed by atoms with van der Waals surface area (Å²) in [4.78, 5) is 23.0. The summed E-state index contributed by atoms with van der Waals surface area (Å²) in [5.74, 6) is -2.89. The fraction of sp³-hybridized carbons (Fsp3) is 0.467. The van der Waals surface area contributed by atoms with Gasteiger partial charge in [0.05, 0.1) is 0 Å². The number of benzene rings is 1. The zero-order valence-corrected chi connectivity index (χ0v) is 11.3. The third-order valence-corrected chi connectivity index (χ3v) is 4.54. The second kappa shape index (κ2) is 4.51. The lowest BCUT2D eigenvalue weighted by atomic mass is 9.94. The smallest absolute Gasteiger partial charge is 0.319 e. The molecule has 2 saturated carbocycles. The molecule has 0 aromatic heterocycles. The molecule has 0 unspecified atom stereocenters. The van der Waals surface area contributed by atoms with E-state index in [1.54, 1.807) is 0 Å². The van der Waals surface area contributed by atoms with Gasteiger partial charge >= 0.3 is 5.97 Å². The number of halogens is 2. The van der Waals surface area contributed by atoms with E-state index in [1.807, 2.05) is 0 Å². The molecular formula is C15H15F2NO3. The fourth-order valence-electron chi connectivity index (χ4n) is 2.69. The summed E-state index contributed by atoms with van der Waals surface area (Å²) in [6.07, 6.45) is 2.06. The topological polar surface area (TPSA) is 66.4 Å². The van der Waals surface area contributed by atoms with Crippen LogP contribution in [0, 0.1) is 17.0 Å². The van der Waals surface area contributed by atoms with E-state index in [2.05, 4.69) is 5.32 Å². The Bertz CT molecular complexity index is 621. The number of carboxylic acids is 1. The van der Waals surface area contributed by atoms with Crippen LogP contribution in [-0.2, 0) is 15.0 Å². The fourth-order valence-corrected chi connectivity index (χ4v) is 2.69. The molecule has 1 aromatic rings. The minimum atomic E-state index is -1.29. The highest BCUT2D eigenvalue weighted by Gasteiger charge is 2.57. The maximum Gasteiger partial charge on any atom is 0.319 e. The number of aliphatic carboxylic acids is 1. The van der Waals surface area contributed by atoms with Gasteiger partial charge in [0.15, 0.2) is 0 Å². The molecule has 1 amide bonds. The SMILES string of the molecule is O=C(O)C1(C(=O)NCC2(c3ccc(F)cc3F)CC2)CC1. The van der Waals surface area contributed by atoms with Crippen molar-refractivity contribution in [3.05, 3.63) is 35.4 Å². The van der Waals surface area contributed by atoms with Crippen LogP contribution in [0.4, 0.5) is 8.78 Å². The highest BCUT2D eigenvalue weighted by atomic mass is 19.1. The molecule has 0 atom stereocenters. The largest absolute Gasteiger partial charge is 0.480 e. The number of carbonyl (C=O) groups excluding carboxylic acids is 1. The van der Waals surface area contributed by atoms with Crippen molar-refractivity contribution in [2.45, 2.75) is 31.1 Å². The van der Waals surface area contributed by atoms with Gasteiger partial charge < -0.3 is 10.4 Å². The van der Waals surface area contributed by atoms with E-state index in [-0.39, 0.29) is 6.54 Å². The highest BCUT2D eigenvalue weighted by Crippen LogP contribution is 2.50. The summed E-state index contributed by atoms with van der Waals surface area (Å²) >= 11 is 0. The highest BCUT2D eigenvalue weighted by molar-refractivity contribution is 6.04. The number of rotatable bonds is 5. The third kappa shape index (κ3) is 2.28. The average molecular weight is 295 g/mol. The second-order valence-corrected chi connectivity index (χ2v) is 5.97. The average Bonchev–Trinajstić information content (AvgIpc) is 3.30. The molecule has 112 valence electrons. The Morgan fingerprint density at radius 3 is 2.33 bits per heavy atom. The Balaban J connectivity index is 1.70. The first-order chi connectivity index (χ1) is 9.90. The first-order valence-electron chi connectivity index (χ1n) is 6.87. The standard InChI is InChI=1S/C15H15F2NO3/c16-9-1-2-10(11(17)7-9)14(3-4-14)8-18-12(19)15(5-6-15)13(20)21/h1-2,7H,3-6,8H2,(H,18,19)(H,20,21). The van der Waals surface area contributed by atoms with Crippen LogP contribution in [0.2, 0.25) is 0 Å². The van der Waals surface area contributed by atoms with Gasteiger partial charge in [-0.2, -0.15) is 0 Å². The predicted octanol–water partition coefficient (Wildman–Crippen LogP) is 1.98. The van der Waals surface area contributed by atoms with Crippen LogP contribution in [0.3, 0.4) is 0 Å². The van der Waals surface area contributed by atoms with Crippen LogP contribution < -0.4 is 5.32 Å². The van der Waals surface area contributed by atoms with E-state index >= 15 is 0 Å². The van der Waals surface area contributed by atoms with E-state index in [9.17, 15) is 18.4 Å². The molecule has 0 heterocycles. The molecule has 0 aliphatic heterocycles. The van der Waals surface area contributed by atoms with E-state index in [1.165, 1.54) is 12.1 Å². The molecule has 2 fully saturated rings. The monoisotopic (exact) mass is 295 g/mol. The molecule has 0 saturated heterocycles. The van der Waals surface area contributed by atoms with Gasteiger partial charge in [-0.15, -0.1) is 0 Å². The molecule has 0 spiro atoms. The quantitative estimate of drug-likeness (QED) is 0.816. The van der Waals surface area contributed by atoms with Gasteiger partial charge in [-0.25, -0.2) is 8.78 Å². The lowest BCUT2D eigenvalue weighted by Gasteiger charge is -2.19. The van der Waals surface area contributed by atoms with Crippen molar-refractivity contribution in [2.24, 2.45) is 5.41 Å². The Hall–Kier alpha value is -1.98. The summed E-state index contributed by atoms with van der Waals surface area (Å²) in [5.41, 5.74) is -1.44. The number of hydrogen-bond acceptors (Lipinski definition) is 2. The lowest BCUT2D eigenvalue weighted by Crippen LogP contribution is -2.40. The summed E-state index contributed by atoms with van der Waals surface area (Å²) in [7, 11) is 0. The molecule has 0 radical (unpaired) electrons. The molecule has 4 nitrogen and oxygen atoms in total. The summed E-state index contributed by atoms with van der Waals surface area (Å²) < 4.78 is 26.8. The van der Waals surface area contributed by atoms with Crippen molar-refractivity contribution in [1.29, 1.82) is 0 Å². The van der Waals surface area contributed by atoms with Gasteiger partial charge in [-0.3, -0.25) is 9.59 Å². The number of carboxylic acid groups (broad SMARTS) is 1. The van der Waals surface area contributed by atoms with Crippen LogP contribution in [0.15, 0.2) is 18.2 Å². The Morgan fingerprint density at radius 2 is 1.86 bits per heavy atom. The molecular weight excluding hydrogens is 280 g/mol. The second-order valence-electron chi connectivity index (χ2n) is 5.97. The predicted molar refractivity (Wildman–Crippen MR) is 69.6 cm³/mol. The molecule has 2 aliphatic carbocycles. The number of carbonyl (C=O) groups is 2. The zero-order chi connectivity index (χ0) is 15.3. The molecule has 2 aliphatic rings. The van der Waals surface area contributed by atoms with Gasteiger partial charge in [0.1, 0.15) is 17.0 Å². The van der Waals surface area contributed by atoms with Gasteiger partial charge in [-0.05, 0) is 37.3 Å². The van der Waals surface area contributed by atoms with E-state index in [0.29, 0.717) is 31.2 Å². The first kappa shape index (κ1) is 14.0. The lowest BCUT2D eigenvalue weighted by molar-refractivity contribution is -0.149. The number of amides is 1. The third-order valence-electron chi connectivity index (χ3n) is 4.54. The molecule has 3 rings (SSSR count).